The van der Waals surface area contributed by atoms with Crippen molar-refractivity contribution in [3.8, 4) is 17.6 Å². The van der Waals surface area contributed by atoms with Gasteiger partial charge >= 0.3 is 0 Å². The molecule has 0 atom stereocenters. The molecule has 1 aromatic heterocycles. The van der Waals surface area contributed by atoms with Crippen LogP contribution in [-0.2, 0) is 0 Å². The predicted octanol–water partition coefficient (Wildman–Crippen LogP) is 3.64. The van der Waals surface area contributed by atoms with Crippen LogP contribution in [0.25, 0.3) is 22.7 Å². The van der Waals surface area contributed by atoms with Gasteiger partial charge in [0.2, 0.25) is 0 Å². The second-order valence-electron chi connectivity index (χ2n) is 4.88. The maximum absolute atomic E-state index is 9.49. The highest BCUT2D eigenvalue weighted by Crippen LogP contribution is 2.25. The fourth-order valence-corrected chi connectivity index (χ4v) is 2.34. The molecule has 1 heterocycles. The number of methoxy groups -OCH3 is 2. The van der Waals surface area contributed by atoms with Gasteiger partial charge in [0, 0.05) is 11.6 Å². The van der Waals surface area contributed by atoms with Gasteiger partial charge in [-0.05, 0) is 24.3 Å². The number of H-pyrrole nitrogens is 1. The van der Waals surface area contributed by atoms with Crippen LogP contribution in [0.1, 0.15) is 11.4 Å². The largest absolute Gasteiger partial charge is 0.497 e. The van der Waals surface area contributed by atoms with Crippen LogP contribution in [0.3, 0.4) is 0 Å². The number of aromatic nitrogens is 2. The van der Waals surface area contributed by atoms with Crippen LogP contribution in [0.2, 0.25) is 0 Å². The molecule has 0 saturated carbocycles. The van der Waals surface area contributed by atoms with Crippen LogP contribution in [0.5, 0.6) is 11.5 Å². The lowest BCUT2D eigenvalue weighted by molar-refractivity contribution is 0.414. The zero-order valence-corrected chi connectivity index (χ0v) is 12.8. The van der Waals surface area contributed by atoms with Crippen LogP contribution in [0, 0.1) is 11.3 Å². The standard InChI is InChI=1S/C18H15N3O2/c1-22-14-7-8-15-16(10-14)21-18(20-15)13(11-19)9-12-5-3-4-6-17(12)23-2/h3-10H,1-2H3,(H,20,21)/b13-9-. The Morgan fingerprint density at radius 1 is 1.17 bits per heavy atom. The van der Waals surface area contributed by atoms with Crippen molar-refractivity contribution in [2.75, 3.05) is 14.2 Å². The Bertz CT molecular complexity index is 919. The fraction of sp³-hybridized carbons (Fsp3) is 0.111. The summed E-state index contributed by atoms with van der Waals surface area (Å²) in [6.07, 6.45) is 1.76. The smallest absolute Gasteiger partial charge is 0.149 e. The molecule has 114 valence electrons. The number of nitrogens with zero attached hydrogens (tertiary/aromatic N) is 2. The second kappa shape index (κ2) is 6.24. The van der Waals surface area contributed by atoms with E-state index in [1.54, 1.807) is 20.3 Å². The number of nitriles is 1. The van der Waals surface area contributed by atoms with Gasteiger partial charge in [0.05, 0.1) is 30.8 Å². The number of fused-ring (bicyclic) bond motifs is 1. The summed E-state index contributed by atoms with van der Waals surface area (Å²) in [4.78, 5) is 7.62. The Balaban J connectivity index is 2.07. The molecule has 0 spiro atoms. The Hall–Kier alpha value is -3.26. The van der Waals surface area contributed by atoms with E-state index in [-0.39, 0.29) is 0 Å². The van der Waals surface area contributed by atoms with Crippen molar-refractivity contribution in [2.45, 2.75) is 0 Å². The van der Waals surface area contributed by atoms with Crippen molar-refractivity contribution in [1.29, 1.82) is 5.26 Å². The molecule has 0 aliphatic rings. The molecular weight excluding hydrogens is 290 g/mol. The van der Waals surface area contributed by atoms with E-state index in [0.717, 1.165) is 22.3 Å². The number of allylic oxidation sites excluding steroid dienone is 1. The van der Waals surface area contributed by atoms with Gasteiger partial charge in [-0.25, -0.2) is 4.98 Å². The third kappa shape index (κ3) is 2.87. The molecule has 3 rings (SSSR count). The van der Waals surface area contributed by atoms with Crippen LogP contribution in [0.15, 0.2) is 42.5 Å². The van der Waals surface area contributed by atoms with Crippen LogP contribution < -0.4 is 9.47 Å². The fourth-order valence-electron chi connectivity index (χ4n) is 2.34. The van der Waals surface area contributed by atoms with Crippen molar-refractivity contribution in [3.63, 3.8) is 0 Å². The molecule has 5 nitrogen and oxygen atoms in total. The quantitative estimate of drug-likeness (QED) is 0.747. The molecule has 0 saturated heterocycles. The van der Waals surface area contributed by atoms with Crippen molar-refractivity contribution < 1.29 is 9.47 Å². The summed E-state index contributed by atoms with van der Waals surface area (Å²) in [5.74, 6) is 1.96. The lowest BCUT2D eigenvalue weighted by Crippen LogP contribution is -1.89. The molecule has 0 amide bonds. The molecule has 2 aromatic carbocycles. The zero-order chi connectivity index (χ0) is 16.2. The topological polar surface area (TPSA) is 70.9 Å². The minimum atomic E-state index is 0.435. The van der Waals surface area contributed by atoms with Gasteiger partial charge in [-0.1, -0.05) is 18.2 Å². The number of nitrogens with one attached hydrogen (secondary N) is 1. The molecule has 0 aliphatic heterocycles. The number of hydrogen-bond donors (Lipinski definition) is 1. The van der Waals surface area contributed by atoms with Gasteiger partial charge in [-0.15, -0.1) is 0 Å². The highest BCUT2D eigenvalue weighted by atomic mass is 16.5. The SMILES string of the molecule is COc1ccc2nc(/C(C#N)=C\c3ccccc3OC)[nH]c2c1. The summed E-state index contributed by atoms with van der Waals surface area (Å²) in [6, 6.07) is 15.3. The van der Waals surface area contributed by atoms with Gasteiger partial charge in [0.1, 0.15) is 23.4 Å². The van der Waals surface area contributed by atoms with E-state index in [9.17, 15) is 5.26 Å². The van der Waals surface area contributed by atoms with Gasteiger partial charge in [-0.3, -0.25) is 0 Å². The number of imidazole rings is 1. The molecule has 0 unspecified atom stereocenters. The Morgan fingerprint density at radius 2 is 2.00 bits per heavy atom. The maximum atomic E-state index is 9.49. The van der Waals surface area contributed by atoms with E-state index in [2.05, 4.69) is 16.0 Å². The summed E-state index contributed by atoms with van der Waals surface area (Å²) in [7, 11) is 3.22. The van der Waals surface area contributed by atoms with E-state index in [1.165, 1.54) is 0 Å². The first-order valence-electron chi connectivity index (χ1n) is 7.04. The first-order chi connectivity index (χ1) is 11.2. The third-order valence-corrected chi connectivity index (χ3v) is 3.50. The number of aromatic amines is 1. The lowest BCUT2D eigenvalue weighted by Gasteiger charge is -2.04. The monoisotopic (exact) mass is 305 g/mol. The minimum Gasteiger partial charge on any atom is -0.497 e. The van der Waals surface area contributed by atoms with Crippen LogP contribution in [-0.4, -0.2) is 24.2 Å². The summed E-state index contributed by atoms with van der Waals surface area (Å²) in [5, 5.41) is 9.49. The minimum absolute atomic E-state index is 0.435. The highest BCUT2D eigenvalue weighted by Gasteiger charge is 2.10. The van der Waals surface area contributed by atoms with Gasteiger partial charge in [-0.2, -0.15) is 5.26 Å². The molecule has 0 fully saturated rings. The molecule has 3 aromatic rings. The van der Waals surface area contributed by atoms with Crippen LogP contribution >= 0.6 is 0 Å². The van der Waals surface area contributed by atoms with Crippen molar-refractivity contribution in [3.05, 3.63) is 53.9 Å². The second-order valence-corrected chi connectivity index (χ2v) is 4.88. The molecule has 23 heavy (non-hydrogen) atoms. The molecule has 0 bridgehead atoms. The van der Waals surface area contributed by atoms with Crippen LogP contribution in [0.4, 0.5) is 0 Å². The Labute approximate surface area is 133 Å². The van der Waals surface area contributed by atoms with Crippen molar-refractivity contribution >= 4 is 22.7 Å². The number of hydrogen-bond acceptors (Lipinski definition) is 4. The zero-order valence-electron chi connectivity index (χ0n) is 12.8. The van der Waals surface area contributed by atoms with E-state index in [1.807, 2.05) is 42.5 Å². The number of rotatable bonds is 4. The van der Waals surface area contributed by atoms with Gasteiger partial charge < -0.3 is 14.5 Å². The highest BCUT2D eigenvalue weighted by molar-refractivity contribution is 5.91. The number of para-hydroxylation sites is 1. The first-order valence-corrected chi connectivity index (χ1v) is 7.04. The third-order valence-electron chi connectivity index (χ3n) is 3.50. The van der Waals surface area contributed by atoms with Crippen molar-refractivity contribution in [1.82, 2.24) is 9.97 Å². The van der Waals surface area contributed by atoms with Gasteiger partial charge in [0.25, 0.3) is 0 Å². The first kappa shape index (κ1) is 14.7. The molecule has 1 N–H and O–H groups in total. The summed E-state index contributed by atoms with van der Waals surface area (Å²) >= 11 is 0. The number of ether oxygens (including phenoxy) is 2. The number of benzene rings is 2. The molecule has 0 radical (unpaired) electrons. The van der Waals surface area contributed by atoms with Crippen molar-refractivity contribution in [2.24, 2.45) is 0 Å². The van der Waals surface area contributed by atoms with E-state index in [0.29, 0.717) is 17.1 Å². The van der Waals surface area contributed by atoms with E-state index >= 15 is 0 Å². The van der Waals surface area contributed by atoms with E-state index < -0.39 is 0 Å². The lowest BCUT2D eigenvalue weighted by atomic mass is 10.1. The van der Waals surface area contributed by atoms with E-state index in [4.69, 9.17) is 9.47 Å². The maximum Gasteiger partial charge on any atom is 0.149 e. The predicted molar refractivity (Wildman–Crippen MR) is 89.1 cm³/mol. The summed E-state index contributed by atoms with van der Waals surface area (Å²) in [5.41, 5.74) is 2.86. The molecule has 0 aliphatic carbocycles. The van der Waals surface area contributed by atoms with Gasteiger partial charge in [0.15, 0.2) is 0 Å². The Morgan fingerprint density at radius 3 is 2.74 bits per heavy atom. The summed E-state index contributed by atoms with van der Waals surface area (Å²) in [6.45, 7) is 0. The molecular formula is C18H15N3O2. The normalized spacial score (nSPS) is 11.3. The molecule has 5 heteroatoms. The average molecular weight is 305 g/mol. The Kier molecular flexibility index (Phi) is 3.98. The average Bonchev–Trinajstić information content (AvgIpc) is 3.02. The summed E-state index contributed by atoms with van der Waals surface area (Å²) < 4.78 is 10.5.